The molecule has 6 nitrogen and oxygen atoms in total. The molecule has 1 N–H and O–H groups in total. The number of fused-ring (bicyclic) bond motifs is 2. The van der Waals surface area contributed by atoms with E-state index in [9.17, 15) is 22.8 Å². The average molecular weight is 382 g/mol. The van der Waals surface area contributed by atoms with Gasteiger partial charge in [0.05, 0.1) is 11.8 Å². The average Bonchev–Trinajstić information content (AvgIpc) is 2.81. The SMILES string of the molecule is O=C1[C@H]2CCCC[C@@H]2C(=O)N1Nc1nc2c(c(C(F)(F)F)n1)CCCCC2. The second-order valence-corrected chi connectivity index (χ2v) is 7.50. The molecule has 0 spiro atoms. The summed E-state index contributed by atoms with van der Waals surface area (Å²) in [5.41, 5.74) is 2.02. The van der Waals surface area contributed by atoms with Gasteiger partial charge >= 0.3 is 6.18 Å². The molecule has 27 heavy (non-hydrogen) atoms. The van der Waals surface area contributed by atoms with Crippen molar-refractivity contribution in [2.45, 2.75) is 64.0 Å². The maximum Gasteiger partial charge on any atom is 0.433 e. The molecule has 0 aromatic carbocycles. The van der Waals surface area contributed by atoms with Crippen molar-refractivity contribution in [3.63, 3.8) is 0 Å². The highest BCUT2D eigenvalue weighted by Crippen LogP contribution is 2.39. The van der Waals surface area contributed by atoms with Gasteiger partial charge in [0.2, 0.25) is 5.95 Å². The number of nitrogens with one attached hydrogen (secondary N) is 1. The zero-order valence-electron chi connectivity index (χ0n) is 14.8. The summed E-state index contributed by atoms with van der Waals surface area (Å²) in [5, 5.41) is 0.833. The van der Waals surface area contributed by atoms with Crippen LogP contribution in [-0.4, -0.2) is 26.8 Å². The van der Waals surface area contributed by atoms with E-state index in [0.29, 0.717) is 31.4 Å². The van der Waals surface area contributed by atoms with Gasteiger partial charge in [-0.05, 0) is 38.5 Å². The number of hydrazine groups is 1. The van der Waals surface area contributed by atoms with Crippen LogP contribution < -0.4 is 5.43 Å². The molecule has 3 aliphatic rings. The third-order valence-corrected chi connectivity index (χ3v) is 5.75. The van der Waals surface area contributed by atoms with Crippen LogP contribution >= 0.6 is 0 Å². The topological polar surface area (TPSA) is 75.2 Å². The fraction of sp³-hybridized carbons (Fsp3) is 0.667. The van der Waals surface area contributed by atoms with E-state index in [1.807, 2.05) is 0 Å². The first-order chi connectivity index (χ1) is 12.9. The van der Waals surface area contributed by atoms with E-state index in [4.69, 9.17) is 0 Å². The Morgan fingerprint density at radius 1 is 0.889 bits per heavy atom. The van der Waals surface area contributed by atoms with Crippen LogP contribution in [-0.2, 0) is 28.6 Å². The molecular formula is C18H21F3N4O2. The normalized spacial score (nSPS) is 25.8. The maximum atomic E-state index is 13.5. The van der Waals surface area contributed by atoms with Crippen LogP contribution in [0, 0.1) is 11.8 Å². The van der Waals surface area contributed by atoms with E-state index in [0.717, 1.165) is 30.7 Å². The van der Waals surface area contributed by atoms with Crippen molar-refractivity contribution in [2.75, 3.05) is 5.43 Å². The Kier molecular flexibility index (Phi) is 4.55. The second kappa shape index (κ2) is 6.76. The molecule has 1 saturated heterocycles. The number of amides is 2. The zero-order chi connectivity index (χ0) is 19.2. The van der Waals surface area contributed by atoms with Crippen molar-refractivity contribution < 1.29 is 22.8 Å². The van der Waals surface area contributed by atoms with Crippen molar-refractivity contribution >= 4 is 17.8 Å². The van der Waals surface area contributed by atoms with Crippen LogP contribution in [0.25, 0.3) is 0 Å². The maximum absolute atomic E-state index is 13.5. The Bertz CT molecular complexity index is 757. The molecule has 4 rings (SSSR count). The molecule has 1 saturated carbocycles. The summed E-state index contributed by atoms with van der Waals surface area (Å²) >= 11 is 0. The lowest BCUT2D eigenvalue weighted by Gasteiger charge is -2.19. The minimum absolute atomic E-state index is 0.137. The number of hydrogen-bond donors (Lipinski definition) is 1. The summed E-state index contributed by atoms with van der Waals surface area (Å²) in [4.78, 5) is 33.0. The van der Waals surface area contributed by atoms with E-state index in [1.165, 1.54) is 0 Å². The van der Waals surface area contributed by atoms with Crippen LogP contribution in [0.4, 0.5) is 19.1 Å². The molecule has 146 valence electrons. The molecule has 1 aliphatic heterocycles. The third kappa shape index (κ3) is 3.27. The lowest BCUT2D eigenvalue weighted by molar-refractivity contribution is -0.141. The Morgan fingerprint density at radius 3 is 2.15 bits per heavy atom. The first kappa shape index (κ1) is 18.2. The predicted octanol–water partition coefficient (Wildman–Crippen LogP) is 3.27. The number of aryl methyl sites for hydroxylation is 1. The number of nitrogens with zero attached hydrogens (tertiary/aromatic N) is 3. The van der Waals surface area contributed by atoms with Crippen LogP contribution in [0.2, 0.25) is 0 Å². The zero-order valence-corrected chi connectivity index (χ0v) is 14.8. The number of carbonyl (C=O) groups excluding carboxylic acids is 2. The van der Waals surface area contributed by atoms with Crippen molar-refractivity contribution in [1.82, 2.24) is 15.0 Å². The van der Waals surface area contributed by atoms with Gasteiger partial charge in [-0.1, -0.05) is 19.3 Å². The molecule has 1 aromatic heterocycles. The molecule has 1 aromatic rings. The van der Waals surface area contributed by atoms with Gasteiger partial charge in [-0.25, -0.2) is 9.97 Å². The van der Waals surface area contributed by atoms with Crippen molar-refractivity contribution in [3.05, 3.63) is 17.0 Å². The number of halogens is 3. The van der Waals surface area contributed by atoms with Gasteiger partial charge in [0.1, 0.15) is 0 Å². The van der Waals surface area contributed by atoms with Gasteiger partial charge in [-0.3, -0.25) is 15.0 Å². The van der Waals surface area contributed by atoms with Crippen LogP contribution in [0.15, 0.2) is 0 Å². The van der Waals surface area contributed by atoms with E-state index >= 15 is 0 Å². The quantitative estimate of drug-likeness (QED) is 0.628. The minimum atomic E-state index is -4.61. The lowest BCUT2D eigenvalue weighted by Crippen LogP contribution is -2.37. The predicted molar refractivity (Wildman–Crippen MR) is 89.2 cm³/mol. The summed E-state index contributed by atoms with van der Waals surface area (Å²) in [6.07, 6.45) is 1.38. The summed E-state index contributed by atoms with van der Waals surface area (Å²) in [6, 6.07) is 0. The van der Waals surface area contributed by atoms with Crippen molar-refractivity contribution in [2.24, 2.45) is 11.8 Å². The molecule has 2 amide bonds. The molecule has 2 fully saturated rings. The first-order valence-electron chi connectivity index (χ1n) is 9.47. The fourth-order valence-electron chi connectivity index (χ4n) is 4.43. The Morgan fingerprint density at radius 2 is 1.52 bits per heavy atom. The number of anilines is 1. The third-order valence-electron chi connectivity index (χ3n) is 5.75. The summed E-state index contributed by atoms with van der Waals surface area (Å²) < 4.78 is 40.6. The first-order valence-corrected chi connectivity index (χ1v) is 9.47. The minimum Gasteiger partial charge on any atom is -0.272 e. The van der Waals surface area contributed by atoms with E-state index in [2.05, 4.69) is 15.4 Å². The second-order valence-electron chi connectivity index (χ2n) is 7.50. The highest BCUT2D eigenvalue weighted by atomic mass is 19.4. The van der Waals surface area contributed by atoms with Crippen molar-refractivity contribution in [3.8, 4) is 0 Å². The molecule has 2 atom stereocenters. The van der Waals surface area contributed by atoms with E-state index < -0.39 is 23.7 Å². The van der Waals surface area contributed by atoms with Gasteiger partial charge in [0, 0.05) is 11.3 Å². The Hall–Kier alpha value is -2.19. The molecule has 2 heterocycles. The molecule has 0 radical (unpaired) electrons. The largest absolute Gasteiger partial charge is 0.433 e. The molecule has 0 bridgehead atoms. The number of hydrogen-bond acceptors (Lipinski definition) is 5. The van der Waals surface area contributed by atoms with Crippen LogP contribution in [0.3, 0.4) is 0 Å². The fourth-order valence-corrected chi connectivity index (χ4v) is 4.43. The Labute approximate surface area is 154 Å². The van der Waals surface area contributed by atoms with Crippen LogP contribution in [0.5, 0.6) is 0 Å². The van der Waals surface area contributed by atoms with Gasteiger partial charge in [-0.2, -0.15) is 18.2 Å². The van der Waals surface area contributed by atoms with Crippen molar-refractivity contribution in [1.29, 1.82) is 0 Å². The Balaban J connectivity index is 1.67. The highest BCUT2D eigenvalue weighted by molar-refractivity contribution is 6.06. The number of aromatic nitrogens is 2. The van der Waals surface area contributed by atoms with Gasteiger partial charge in [0.15, 0.2) is 5.69 Å². The molecule has 0 unspecified atom stereocenters. The highest BCUT2D eigenvalue weighted by Gasteiger charge is 2.49. The number of alkyl halides is 3. The van der Waals surface area contributed by atoms with Gasteiger partial charge in [0.25, 0.3) is 11.8 Å². The molecular weight excluding hydrogens is 361 g/mol. The smallest absolute Gasteiger partial charge is 0.272 e. The van der Waals surface area contributed by atoms with E-state index in [-0.39, 0.29) is 29.8 Å². The summed E-state index contributed by atoms with van der Waals surface area (Å²) in [6.45, 7) is 0. The molecule has 9 heteroatoms. The number of rotatable bonds is 2. The number of carbonyl (C=O) groups is 2. The van der Waals surface area contributed by atoms with Crippen LogP contribution in [0.1, 0.15) is 61.9 Å². The standard InChI is InChI=1S/C18H21F3N4O2/c19-18(20,21)14-12-8-2-1-3-9-13(12)22-17(23-14)24-25-15(26)10-6-4-5-7-11(10)16(25)27/h10-11H,1-9H2,(H,22,23,24)/t10-,11-/m0/s1. The number of imide groups is 1. The summed E-state index contributed by atoms with van der Waals surface area (Å²) in [5.74, 6) is -1.89. The lowest BCUT2D eigenvalue weighted by atomic mass is 9.81. The van der Waals surface area contributed by atoms with E-state index in [1.54, 1.807) is 0 Å². The van der Waals surface area contributed by atoms with Gasteiger partial charge < -0.3 is 0 Å². The van der Waals surface area contributed by atoms with Gasteiger partial charge in [-0.15, -0.1) is 0 Å². The summed E-state index contributed by atoms with van der Waals surface area (Å²) in [7, 11) is 0. The molecule has 2 aliphatic carbocycles. The monoisotopic (exact) mass is 382 g/mol.